The summed E-state index contributed by atoms with van der Waals surface area (Å²) < 4.78 is 23.9. The Hall–Kier alpha value is -1.70. The quantitative estimate of drug-likeness (QED) is 0.765. The van der Waals surface area contributed by atoms with Crippen molar-refractivity contribution in [2.24, 2.45) is 0 Å². The number of nitrogens with zero attached hydrogens (tertiary/aromatic N) is 2. The van der Waals surface area contributed by atoms with Gasteiger partial charge in [0.25, 0.3) is 0 Å². The Balaban J connectivity index is 1.94. The molecule has 0 fully saturated rings. The second kappa shape index (κ2) is 7.18. The normalized spacial score (nSPS) is 10.8. The first kappa shape index (κ1) is 14.7. The zero-order valence-corrected chi connectivity index (χ0v) is 11.6. The highest BCUT2D eigenvalue weighted by Crippen LogP contribution is 2.24. The lowest BCUT2D eigenvalue weighted by molar-refractivity contribution is 0.198. The highest BCUT2D eigenvalue weighted by molar-refractivity contribution is 6.31. The first-order valence-electron chi connectivity index (χ1n) is 5.94. The molecule has 1 heterocycles. The van der Waals surface area contributed by atoms with E-state index in [-0.39, 0.29) is 16.7 Å². The van der Waals surface area contributed by atoms with Crippen molar-refractivity contribution in [3.8, 4) is 0 Å². The van der Waals surface area contributed by atoms with Gasteiger partial charge in [0.1, 0.15) is 0 Å². The lowest BCUT2D eigenvalue weighted by Gasteiger charge is -2.03. The molecule has 0 aliphatic heterocycles. The van der Waals surface area contributed by atoms with E-state index in [4.69, 9.17) is 20.8 Å². The van der Waals surface area contributed by atoms with Crippen LogP contribution in [0.1, 0.15) is 5.89 Å². The molecule has 0 saturated heterocycles. The Morgan fingerprint density at radius 2 is 2.25 bits per heavy atom. The number of ether oxygens (including phenoxy) is 1. The van der Waals surface area contributed by atoms with E-state index in [1.54, 1.807) is 13.2 Å². The molecule has 1 aromatic carbocycles. The Labute approximate surface area is 120 Å². The number of nitrogens with one attached hydrogen (secondary N) is 2. The minimum absolute atomic E-state index is 0.0240. The number of benzene rings is 1. The Morgan fingerprint density at radius 3 is 3.05 bits per heavy atom. The van der Waals surface area contributed by atoms with Gasteiger partial charge < -0.3 is 19.8 Å². The summed E-state index contributed by atoms with van der Waals surface area (Å²) in [6, 6.07) is 4.72. The lowest BCUT2D eigenvalue weighted by atomic mass is 10.3. The number of methoxy groups -OCH3 is 1. The summed E-state index contributed by atoms with van der Waals surface area (Å²) in [5, 5.41) is 13.4. The van der Waals surface area contributed by atoms with Crippen molar-refractivity contribution in [2.75, 3.05) is 25.6 Å². The van der Waals surface area contributed by atoms with Crippen molar-refractivity contribution in [2.45, 2.75) is 6.54 Å². The third kappa shape index (κ3) is 3.89. The SMILES string of the molecule is COCCNCc1nnc(Nc2cccc(Cl)c2F)o1. The zero-order valence-electron chi connectivity index (χ0n) is 10.8. The summed E-state index contributed by atoms with van der Waals surface area (Å²) in [6.45, 7) is 1.67. The molecule has 0 atom stereocenters. The highest BCUT2D eigenvalue weighted by Gasteiger charge is 2.10. The van der Waals surface area contributed by atoms with Crippen molar-refractivity contribution in [3.05, 3.63) is 34.9 Å². The summed E-state index contributed by atoms with van der Waals surface area (Å²) in [5.41, 5.74) is 0.181. The Morgan fingerprint density at radius 1 is 1.40 bits per heavy atom. The average molecular weight is 301 g/mol. The fourth-order valence-electron chi connectivity index (χ4n) is 1.46. The van der Waals surface area contributed by atoms with Gasteiger partial charge in [-0.05, 0) is 12.1 Å². The van der Waals surface area contributed by atoms with Gasteiger partial charge in [-0.1, -0.05) is 22.8 Å². The van der Waals surface area contributed by atoms with Crippen LogP contribution >= 0.6 is 11.6 Å². The van der Waals surface area contributed by atoms with E-state index in [9.17, 15) is 4.39 Å². The smallest absolute Gasteiger partial charge is 0.320 e. The molecule has 0 saturated carbocycles. The number of aromatic nitrogens is 2. The van der Waals surface area contributed by atoms with E-state index in [1.165, 1.54) is 12.1 Å². The van der Waals surface area contributed by atoms with Crippen LogP contribution in [0.15, 0.2) is 22.6 Å². The van der Waals surface area contributed by atoms with E-state index < -0.39 is 5.82 Å². The predicted molar refractivity (Wildman–Crippen MR) is 72.6 cm³/mol. The van der Waals surface area contributed by atoms with E-state index in [1.807, 2.05) is 0 Å². The molecule has 8 heteroatoms. The van der Waals surface area contributed by atoms with E-state index in [0.29, 0.717) is 25.6 Å². The molecule has 0 spiro atoms. The number of hydrogen-bond acceptors (Lipinski definition) is 6. The fraction of sp³-hybridized carbons (Fsp3) is 0.333. The molecule has 0 amide bonds. The third-order valence-corrected chi connectivity index (χ3v) is 2.71. The van der Waals surface area contributed by atoms with Gasteiger partial charge in [-0.3, -0.25) is 0 Å². The van der Waals surface area contributed by atoms with Crippen molar-refractivity contribution in [1.29, 1.82) is 0 Å². The second-order valence-corrected chi connectivity index (χ2v) is 4.30. The van der Waals surface area contributed by atoms with Crippen LogP contribution in [0.2, 0.25) is 5.02 Å². The molecule has 2 rings (SSSR count). The number of hydrogen-bond donors (Lipinski definition) is 2. The molecule has 0 aliphatic carbocycles. The summed E-state index contributed by atoms with van der Waals surface area (Å²) in [7, 11) is 1.62. The van der Waals surface area contributed by atoms with Crippen LogP contribution in [0.5, 0.6) is 0 Å². The van der Waals surface area contributed by atoms with E-state index in [0.717, 1.165) is 0 Å². The second-order valence-electron chi connectivity index (χ2n) is 3.90. The van der Waals surface area contributed by atoms with E-state index >= 15 is 0 Å². The largest absolute Gasteiger partial charge is 0.406 e. The van der Waals surface area contributed by atoms with Crippen molar-refractivity contribution >= 4 is 23.3 Å². The summed E-state index contributed by atoms with van der Waals surface area (Å²) in [5.74, 6) is -0.168. The lowest BCUT2D eigenvalue weighted by Crippen LogP contribution is -2.18. The molecule has 108 valence electrons. The zero-order chi connectivity index (χ0) is 14.4. The fourth-order valence-corrected chi connectivity index (χ4v) is 1.64. The van der Waals surface area contributed by atoms with Gasteiger partial charge in [-0.2, -0.15) is 0 Å². The van der Waals surface area contributed by atoms with Crippen LogP contribution in [0.25, 0.3) is 0 Å². The minimum Gasteiger partial charge on any atom is -0.406 e. The van der Waals surface area contributed by atoms with Gasteiger partial charge in [-0.15, -0.1) is 5.10 Å². The molecule has 6 nitrogen and oxygen atoms in total. The van der Waals surface area contributed by atoms with Gasteiger partial charge in [-0.25, -0.2) is 4.39 Å². The topological polar surface area (TPSA) is 72.2 Å². The van der Waals surface area contributed by atoms with Gasteiger partial charge in [0.2, 0.25) is 5.89 Å². The molecular formula is C12H14ClFN4O2. The molecule has 0 aliphatic rings. The first-order valence-corrected chi connectivity index (χ1v) is 6.31. The highest BCUT2D eigenvalue weighted by atomic mass is 35.5. The van der Waals surface area contributed by atoms with Crippen LogP contribution in [-0.2, 0) is 11.3 Å². The molecule has 2 aromatic rings. The van der Waals surface area contributed by atoms with Crippen LogP contribution in [0.3, 0.4) is 0 Å². The molecule has 1 aromatic heterocycles. The Kier molecular flexibility index (Phi) is 5.28. The van der Waals surface area contributed by atoms with Crippen molar-refractivity contribution in [1.82, 2.24) is 15.5 Å². The number of halogens is 2. The molecule has 2 N–H and O–H groups in total. The monoisotopic (exact) mass is 300 g/mol. The maximum atomic E-state index is 13.7. The van der Waals surface area contributed by atoms with Crippen molar-refractivity contribution in [3.63, 3.8) is 0 Å². The first-order chi connectivity index (χ1) is 9.70. The maximum Gasteiger partial charge on any atom is 0.320 e. The molecular weight excluding hydrogens is 287 g/mol. The van der Waals surface area contributed by atoms with E-state index in [2.05, 4.69) is 20.8 Å². The molecule has 0 unspecified atom stereocenters. The van der Waals surface area contributed by atoms with Crippen LogP contribution in [-0.4, -0.2) is 30.5 Å². The Bertz CT molecular complexity index is 564. The standard InChI is InChI=1S/C12H14ClFN4O2/c1-19-6-5-15-7-10-17-18-12(20-10)16-9-4-2-3-8(13)11(9)14/h2-4,15H,5-7H2,1H3,(H,16,18). The molecule has 0 bridgehead atoms. The molecule has 20 heavy (non-hydrogen) atoms. The van der Waals surface area contributed by atoms with Gasteiger partial charge >= 0.3 is 6.01 Å². The third-order valence-electron chi connectivity index (χ3n) is 2.42. The van der Waals surface area contributed by atoms with Crippen LogP contribution in [0, 0.1) is 5.82 Å². The van der Waals surface area contributed by atoms with Gasteiger partial charge in [0.05, 0.1) is 23.9 Å². The number of rotatable bonds is 7. The average Bonchev–Trinajstić information content (AvgIpc) is 2.88. The molecule has 0 radical (unpaired) electrons. The van der Waals surface area contributed by atoms with Crippen LogP contribution < -0.4 is 10.6 Å². The van der Waals surface area contributed by atoms with Gasteiger partial charge in [0.15, 0.2) is 5.82 Å². The van der Waals surface area contributed by atoms with Crippen molar-refractivity contribution < 1.29 is 13.5 Å². The number of anilines is 2. The van der Waals surface area contributed by atoms with Gasteiger partial charge in [0, 0.05) is 13.7 Å². The summed E-state index contributed by atoms with van der Waals surface area (Å²) in [4.78, 5) is 0. The maximum absolute atomic E-state index is 13.7. The predicted octanol–water partition coefficient (Wildman–Crippen LogP) is 2.34. The summed E-state index contributed by atoms with van der Waals surface area (Å²) >= 11 is 5.68. The minimum atomic E-state index is -0.563. The summed E-state index contributed by atoms with van der Waals surface area (Å²) in [6.07, 6.45) is 0. The van der Waals surface area contributed by atoms with Crippen LogP contribution in [0.4, 0.5) is 16.1 Å².